The summed E-state index contributed by atoms with van der Waals surface area (Å²) in [5, 5.41) is 3.62. The molecule has 154 valence electrons. The van der Waals surface area contributed by atoms with Crippen LogP contribution in [0.5, 0.6) is 0 Å². The highest BCUT2D eigenvalue weighted by atomic mass is 32.1. The average molecular weight is 413 g/mol. The summed E-state index contributed by atoms with van der Waals surface area (Å²) in [6.07, 6.45) is 0.699. The molecule has 0 fully saturated rings. The van der Waals surface area contributed by atoms with E-state index >= 15 is 0 Å². The van der Waals surface area contributed by atoms with Crippen molar-refractivity contribution in [1.82, 2.24) is 20.2 Å². The molecule has 2 aromatic heterocycles. The third-order valence-electron chi connectivity index (χ3n) is 5.15. The fraction of sp³-hybridized carbons (Fsp3) is 0.409. The first-order valence-electron chi connectivity index (χ1n) is 9.89. The Balaban J connectivity index is 1.56. The van der Waals surface area contributed by atoms with Crippen LogP contribution in [0.15, 0.2) is 29.1 Å². The number of H-pyrrole nitrogens is 1. The summed E-state index contributed by atoms with van der Waals surface area (Å²) in [6.45, 7) is 8.44. The summed E-state index contributed by atoms with van der Waals surface area (Å²) in [4.78, 5) is 36.0. The molecular formula is C22H28N4O2S. The van der Waals surface area contributed by atoms with Gasteiger partial charge in [-0.15, -0.1) is 11.3 Å². The molecule has 0 atom stereocenters. The van der Waals surface area contributed by atoms with Crippen molar-refractivity contribution in [3.05, 3.63) is 62.0 Å². The first kappa shape index (κ1) is 21.2. The van der Waals surface area contributed by atoms with Crippen molar-refractivity contribution in [1.29, 1.82) is 0 Å². The van der Waals surface area contributed by atoms with Gasteiger partial charge in [-0.25, -0.2) is 4.98 Å². The van der Waals surface area contributed by atoms with Crippen molar-refractivity contribution in [3.63, 3.8) is 0 Å². The van der Waals surface area contributed by atoms with E-state index < -0.39 is 0 Å². The maximum absolute atomic E-state index is 12.3. The molecule has 0 bridgehead atoms. The fourth-order valence-corrected chi connectivity index (χ4v) is 4.25. The largest absolute Gasteiger partial charge is 0.352 e. The van der Waals surface area contributed by atoms with Gasteiger partial charge in [0.25, 0.3) is 5.56 Å². The van der Waals surface area contributed by atoms with Crippen molar-refractivity contribution >= 4 is 27.5 Å². The highest BCUT2D eigenvalue weighted by Crippen LogP contribution is 2.25. The quantitative estimate of drug-likeness (QED) is 0.595. The Hall–Kier alpha value is -2.51. The molecule has 2 N–H and O–H groups in total. The molecule has 0 spiro atoms. The number of amides is 1. The Morgan fingerprint density at radius 1 is 1.28 bits per heavy atom. The Labute approximate surface area is 175 Å². The normalized spacial score (nSPS) is 11.3. The number of benzene rings is 1. The Kier molecular flexibility index (Phi) is 6.82. The van der Waals surface area contributed by atoms with Crippen LogP contribution in [0.25, 0.3) is 10.2 Å². The number of hydrogen-bond donors (Lipinski definition) is 2. The molecule has 3 rings (SSSR count). The van der Waals surface area contributed by atoms with Gasteiger partial charge in [-0.1, -0.05) is 31.2 Å². The lowest BCUT2D eigenvalue weighted by atomic mass is 10.1. The molecule has 0 unspecified atom stereocenters. The van der Waals surface area contributed by atoms with Crippen LogP contribution in [0.4, 0.5) is 0 Å². The van der Waals surface area contributed by atoms with E-state index in [2.05, 4.69) is 46.3 Å². The smallest absolute Gasteiger partial charge is 0.259 e. The number of aryl methyl sites for hydroxylation is 3. The molecule has 0 aliphatic heterocycles. The monoisotopic (exact) mass is 412 g/mol. The zero-order valence-electron chi connectivity index (χ0n) is 17.5. The molecule has 1 amide bonds. The molecule has 0 aliphatic carbocycles. The number of thiophene rings is 1. The predicted octanol–water partition coefficient (Wildman–Crippen LogP) is 3.30. The van der Waals surface area contributed by atoms with Crippen molar-refractivity contribution in [3.8, 4) is 0 Å². The van der Waals surface area contributed by atoms with E-state index in [1.807, 2.05) is 26.0 Å². The number of nitrogens with one attached hydrogen (secondary N) is 2. The van der Waals surface area contributed by atoms with Gasteiger partial charge in [0.05, 0.1) is 5.39 Å². The van der Waals surface area contributed by atoms with Gasteiger partial charge in [-0.2, -0.15) is 0 Å². The van der Waals surface area contributed by atoms with Crippen LogP contribution in [0.2, 0.25) is 0 Å². The first-order valence-corrected chi connectivity index (χ1v) is 10.7. The maximum Gasteiger partial charge on any atom is 0.259 e. The van der Waals surface area contributed by atoms with E-state index in [1.54, 1.807) is 0 Å². The number of carbonyl (C=O) groups excluding carboxylic acids is 1. The molecule has 6 nitrogen and oxygen atoms in total. The van der Waals surface area contributed by atoms with Gasteiger partial charge in [0.15, 0.2) is 0 Å². The Morgan fingerprint density at radius 3 is 2.79 bits per heavy atom. The summed E-state index contributed by atoms with van der Waals surface area (Å²) in [7, 11) is 2.09. The molecule has 2 heterocycles. The average Bonchev–Trinajstić information content (AvgIpc) is 2.99. The van der Waals surface area contributed by atoms with E-state index in [4.69, 9.17) is 0 Å². The van der Waals surface area contributed by atoms with Crippen LogP contribution in [0.1, 0.15) is 40.7 Å². The van der Waals surface area contributed by atoms with Crippen molar-refractivity contribution < 1.29 is 4.79 Å². The number of nitrogens with zero attached hydrogens (tertiary/aromatic N) is 2. The van der Waals surface area contributed by atoms with Crippen molar-refractivity contribution in [2.24, 2.45) is 0 Å². The summed E-state index contributed by atoms with van der Waals surface area (Å²) in [5.74, 6) is 0.505. The Morgan fingerprint density at radius 2 is 2.03 bits per heavy atom. The van der Waals surface area contributed by atoms with Gasteiger partial charge in [0, 0.05) is 30.8 Å². The highest BCUT2D eigenvalue weighted by molar-refractivity contribution is 7.18. The first-order chi connectivity index (χ1) is 13.9. The summed E-state index contributed by atoms with van der Waals surface area (Å²) in [5.41, 5.74) is 3.17. The van der Waals surface area contributed by atoms with Crippen molar-refractivity contribution in [2.75, 3.05) is 13.6 Å². The minimum absolute atomic E-state index is 0.0534. The lowest BCUT2D eigenvalue weighted by Crippen LogP contribution is -2.24. The third-order valence-corrected chi connectivity index (χ3v) is 6.25. The van der Waals surface area contributed by atoms with Crippen LogP contribution in [-0.2, 0) is 24.3 Å². The summed E-state index contributed by atoms with van der Waals surface area (Å²) >= 11 is 1.52. The number of hydrogen-bond acceptors (Lipinski definition) is 5. The maximum atomic E-state index is 12.3. The molecule has 1 aromatic carbocycles. The second kappa shape index (κ2) is 9.33. The van der Waals surface area contributed by atoms with Gasteiger partial charge >= 0.3 is 0 Å². The molecule has 0 saturated carbocycles. The highest BCUT2D eigenvalue weighted by Gasteiger charge is 2.12. The summed E-state index contributed by atoms with van der Waals surface area (Å²) < 4.78 is 0. The standard InChI is InChI=1S/C22H28N4O2S/c1-5-26(4)13-17-8-6-7-16(11-17)12-23-19(27)10-9-18-24-21(28)20-14(2)15(3)29-22(20)25-18/h6-8,11H,5,9-10,12-13H2,1-4H3,(H,23,27)(H,24,25,28). The fourth-order valence-electron chi connectivity index (χ4n) is 3.20. The number of aromatic nitrogens is 2. The van der Waals surface area contributed by atoms with E-state index in [9.17, 15) is 9.59 Å². The number of fused-ring (bicyclic) bond motifs is 1. The minimum Gasteiger partial charge on any atom is -0.352 e. The van der Waals surface area contributed by atoms with Crippen LogP contribution in [0, 0.1) is 13.8 Å². The molecule has 0 radical (unpaired) electrons. The van der Waals surface area contributed by atoms with Gasteiger partial charge in [-0.3, -0.25) is 9.59 Å². The topological polar surface area (TPSA) is 78.1 Å². The van der Waals surface area contributed by atoms with Gasteiger partial charge in [0.2, 0.25) is 5.91 Å². The molecule has 0 saturated heterocycles. The van der Waals surface area contributed by atoms with Crippen LogP contribution in [-0.4, -0.2) is 34.4 Å². The van der Waals surface area contributed by atoms with Gasteiger partial charge in [-0.05, 0) is 44.1 Å². The van der Waals surface area contributed by atoms with Crippen molar-refractivity contribution in [2.45, 2.75) is 46.7 Å². The van der Waals surface area contributed by atoms with Gasteiger partial charge in [0.1, 0.15) is 10.7 Å². The lowest BCUT2D eigenvalue weighted by Gasteiger charge is -2.14. The zero-order valence-corrected chi connectivity index (χ0v) is 18.3. The molecular weight excluding hydrogens is 384 g/mol. The van der Waals surface area contributed by atoms with Crippen LogP contribution >= 0.6 is 11.3 Å². The van der Waals surface area contributed by atoms with Crippen LogP contribution < -0.4 is 10.9 Å². The minimum atomic E-state index is -0.124. The summed E-state index contributed by atoms with van der Waals surface area (Å²) in [6, 6.07) is 8.27. The van der Waals surface area contributed by atoms with E-state index in [-0.39, 0.29) is 17.9 Å². The number of rotatable bonds is 8. The number of carbonyl (C=O) groups is 1. The van der Waals surface area contributed by atoms with Gasteiger partial charge < -0.3 is 15.2 Å². The van der Waals surface area contributed by atoms with E-state index in [0.717, 1.165) is 33.9 Å². The van der Waals surface area contributed by atoms with E-state index in [0.29, 0.717) is 24.2 Å². The third kappa shape index (κ3) is 5.31. The lowest BCUT2D eigenvalue weighted by molar-refractivity contribution is -0.121. The molecule has 0 aliphatic rings. The SMILES string of the molecule is CCN(C)Cc1cccc(CNC(=O)CCc2nc3sc(C)c(C)c3c(=O)[nH]2)c1. The number of aromatic amines is 1. The molecule has 7 heteroatoms. The second-order valence-electron chi connectivity index (χ2n) is 7.40. The molecule has 3 aromatic rings. The zero-order chi connectivity index (χ0) is 21.0. The Bertz CT molecular complexity index is 1070. The second-order valence-corrected chi connectivity index (χ2v) is 8.61. The van der Waals surface area contributed by atoms with E-state index in [1.165, 1.54) is 16.9 Å². The molecule has 29 heavy (non-hydrogen) atoms. The van der Waals surface area contributed by atoms with Crippen LogP contribution in [0.3, 0.4) is 0 Å². The predicted molar refractivity (Wildman–Crippen MR) is 118 cm³/mol.